The Morgan fingerprint density at radius 2 is 2.17 bits per heavy atom. The molecule has 0 spiro atoms. The number of phenolic OH excluding ortho intramolecular Hbond substituents is 1. The van der Waals surface area contributed by atoms with Crippen molar-refractivity contribution in [2.75, 3.05) is 13.2 Å². The Morgan fingerprint density at radius 3 is 2.67 bits per heavy atom. The third-order valence-electron chi connectivity index (χ3n) is 3.23. The topological polar surface area (TPSA) is 72.5 Å². The van der Waals surface area contributed by atoms with Gasteiger partial charge in [-0.3, -0.25) is 4.79 Å². The zero-order chi connectivity index (χ0) is 13.6. The third-order valence-corrected chi connectivity index (χ3v) is 3.23. The van der Waals surface area contributed by atoms with Gasteiger partial charge in [-0.25, -0.2) is 0 Å². The van der Waals surface area contributed by atoms with E-state index < -0.39 is 5.41 Å². The average molecular weight is 251 g/mol. The van der Waals surface area contributed by atoms with Crippen molar-refractivity contribution >= 4 is 5.97 Å². The highest BCUT2D eigenvalue weighted by Gasteiger charge is 2.37. The van der Waals surface area contributed by atoms with Crippen molar-refractivity contribution < 1.29 is 14.6 Å². The molecule has 100 valence electrons. The molecule has 4 nitrogen and oxygen atoms in total. The van der Waals surface area contributed by atoms with Gasteiger partial charge in [0, 0.05) is 6.54 Å². The lowest BCUT2D eigenvalue weighted by atomic mass is 9.79. The first kappa shape index (κ1) is 14.5. The van der Waals surface area contributed by atoms with Crippen LogP contribution in [0.15, 0.2) is 24.3 Å². The van der Waals surface area contributed by atoms with Gasteiger partial charge in [0.05, 0.1) is 12.0 Å². The second-order valence-electron chi connectivity index (χ2n) is 4.41. The summed E-state index contributed by atoms with van der Waals surface area (Å²) in [7, 11) is 0. The maximum Gasteiger partial charge on any atom is 0.313 e. The number of ether oxygens (including phenoxy) is 1. The van der Waals surface area contributed by atoms with E-state index in [-0.39, 0.29) is 18.3 Å². The molecular formula is C14H21NO3. The standard InChI is InChI=1S/C14H21NO3/c1-3-14(10-15,13(17)18-4-2)9-11-6-5-7-12(16)8-11/h5-8,16H,3-4,9-10,15H2,1-2H3. The number of carbonyl (C=O) groups is 1. The lowest BCUT2D eigenvalue weighted by Gasteiger charge is -2.28. The number of nitrogens with two attached hydrogens (primary N) is 1. The Labute approximate surface area is 108 Å². The number of benzene rings is 1. The monoisotopic (exact) mass is 251 g/mol. The number of esters is 1. The molecule has 0 aromatic heterocycles. The molecule has 0 fully saturated rings. The average Bonchev–Trinajstić information content (AvgIpc) is 2.36. The summed E-state index contributed by atoms with van der Waals surface area (Å²) in [6.45, 7) is 4.29. The predicted octanol–water partition coefficient (Wildman–Crippen LogP) is 1.85. The molecule has 18 heavy (non-hydrogen) atoms. The molecule has 0 heterocycles. The first-order chi connectivity index (χ1) is 8.57. The highest BCUT2D eigenvalue weighted by atomic mass is 16.5. The van der Waals surface area contributed by atoms with Crippen LogP contribution in [0.1, 0.15) is 25.8 Å². The van der Waals surface area contributed by atoms with Crippen molar-refractivity contribution in [3.8, 4) is 5.75 Å². The molecule has 0 saturated heterocycles. The van der Waals surface area contributed by atoms with Gasteiger partial charge >= 0.3 is 5.97 Å². The van der Waals surface area contributed by atoms with Crippen molar-refractivity contribution in [3.05, 3.63) is 29.8 Å². The summed E-state index contributed by atoms with van der Waals surface area (Å²) in [5.74, 6) is -0.0725. The van der Waals surface area contributed by atoms with Crippen LogP contribution in [0, 0.1) is 5.41 Å². The summed E-state index contributed by atoms with van der Waals surface area (Å²) in [5, 5.41) is 9.45. The van der Waals surface area contributed by atoms with Crippen molar-refractivity contribution in [3.63, 3.8) is 0 Å². The van der Waals surface area contributed by atoms with Crippen LogP contribution in [0.4, 0.5) is 0 Å². The molecule has 0 aliphatic carbocycles. The Morgan fingerprint density at radius 1 is 1.44 bits per heavy atom. The molecule has 1 aromatic rings. The normalized spacial score (nSPS) is 13.9. The number of rotatable bonds is 6. The van der Waals surface area contributed by atoms with E-state index in [1.807, 2.05) is 13.0 Å². The molecule has 0 bridgehead atoms. The molecule has 4 heteroatoms. The van der Waals surface area contributed by atoms with Gasteiger partial charge in [0.2, 0.25) is 0 Å². The van der Waals surface area contributed by atoms with Crippen molar-refractivity contribution in [1.29, 1.82) is 0 Å². The minimum absolute atomic E-state index is 0.193. The molecule has 1 unspecified atom stereocenters. The molecule has 0 aliphatic heterocycles. The molecule has 1 atom stereocenters. The lowest BCUT2D eigenvalue weighted by Crippen LogP contribution is -2.41. The quantitative estimate of drug-likeness (QED) is 0.757. The van der Waals surface area contributed by atoms with Crippen LogP contribution in [0.3, 0.4) is 0 Å². The summed E-state index contributed by atoms with van der Waals surface area (Å²) < 4.78 is 5.11. The van der Waals surface area contributed by atoms with E-state index in [0.717, 1.165) is 5.56 Å². The number of hydrogen-bond donors (Lipinski definition) is 2. The summed E-state index contributed by atoms with van der Waals surface area (Å²) in [6.07, 6.45) is 1.09. The van der Waals surface area contributed by atoms with Crippen LogP contribution in [-0.2, 0) is 16.0 Å². The number of hydrogen-bond acceptors (Lipinski definition) is 4. The van der Waals surface area contributed by atoms with Crippen molar-refractivity contribution in [2.45, 2.75) is 26.7 Å². The smallest absolute Gasteiger partial charge is 0.313 e. The Balaban J connectivity index is 2.95. The highest BCUT2D eigenvalue weighted by Crippen LogP contribution is 2.29. The maximum atomic E-state index is 12.1. The van der Waals surface area contributed by atoms with E-state index in [0.29, 0.717) is 19.4 Å². The summed E-state index contributed by atoms with van der Waals surface area (Å²) >= 11 is 0. The van der Waals surface area contributed by atoms with Crippen LogP contribution < -0.4 is 5.73 Å². The number of phenols is 1. The van der Waals surface area contributed by atoms with E-state index in [4.69, 9.17) is 10.5 Å². The fourth-order valence-corrected chi connectivity index (χ4v) is 1.98. The van der Waals surface area contributed by atoms with E-state index in [1.165, 1.54) is 0 Å². The molecule has 1 aromatic carbocycles. The maximum absolute atomic E-state index is 12.1. The first-order valence-corrected chi connectivity index (χ1v) is 6.23. The molecule has 0 radical (unpaired) electrons. The largest absolute Gasteiger partial charge is 0.508 e. The first-order valence-electron chi connectivity index (χ1n) is 6.23. The summed E-state index contributed by atoms with van der Waals surface area (Å²) in [6, 6.07) is 6.88. The van der Waals surface area contributed by atoms with Gasteiger partial charge in [0.15, 0.2) is 0 Å². The molecule has 0 amide bonds. The Hall–Kier alpha value is -1.55. The Kier molecular flexibility index (Phi) is 5.16. The van der Waals surface area contributed by atoms with Crippen LogP contribution in [0.5, 0.6) is 5.75 Å². The Bertz CT molecular complexity index is 400. The second-order valence-corrected chi connectivity index (χ2v) is 4.41. The molecule has 1 rings (SSSR count). The molecule has 0 aliphatic rings. The SMILES string of the molecule is CCOC(=O)C(CC)(CN)Cc1cccc(O)c1. The van der Waals surface area contributed by atoms with E-state index >= 15 is 0 Å². The molecule has 3 N–H and O–H groups in total. The predicted molar refractivity (Wildman–Crippen MR) is 70.2 cm³/mol. The zero-order valence-electron chi connectivity index (χ0n) is 11.0. The van der Waals surface area contributed by atoms with Gasteiger partial charge in [0.25, 0.3) is 0 Å². The van der Waals surface area contributed by atoms with Gasteiger partial charge in [-0.05, 0) is 37.5 Å². The van der Waals surface area contributed by atoms with E-state index in [2.05, 4.69) is 0 Å². The van der Waals surface area contributed by atoms with Crippen molar-refractivity contribution in [1.82, 2.24) is 0 Å². The van der Waals surface area contributed by atoms with Crippen LogP contribution in [0.25, 0.3) is 0 Å². The zero-order valence-corrected chi connectivity index (χ0v) is 11.0. The van der Waals surface area contributed by atoms with Gasteiger partial charge < -0.3 is 15.6 Å². The van der Waals surface area contributed by atoms with E-state index in [1.54, 1.807) is 25.1 Å². The van der Waals surface area contributed by atoms with Crippen LogP contribution in [-0.4, -0.2) is 24.2 Å². The van der Waals surface area contributed by atoms with Gasteiger partial charge in [0.1, 0.15) is 5.75 Å². The van der Waals surface area contributed by atoms with Gasteiger partial charge in [-0.15, -0.1) is 0 Å². The fraction of sp³-hybridized carbons (Fsp3) is 0.500. The molecule has 0 saturated carbocycles. The van der Waals surface area contributed by atoms with E-state index in [9.17, 15) is 9.90 Å². The minimum Gasteiger partial charge on any atom is -0.508 e. The van der Waals surface area contributed by atoms with Crippen LogP contribution in [0.2, 0.25) is 0 Å². The lowest BCUT2D eigenvalue weighted by molar-refractivity contribution is -0.155. The van der Waals surface area contributed by atoms with Crippen molar-refractivity contribution in [2.24, 2.45) is 11.1 Å². The number of carbonyl (C=O) groups excluding carboxylic acids is 1. The van der Waals surface area contributed by atoms with Gasteiger partial charge in [-0.1, -0.05) is 19.1 Å². The summed E-state index contributed by atoms with van der Waals surface area (Å²) in [4.78, 5) is 12.1. The fourth-order valence-electron chi connectivity index (χ4n) is 1.98. The van der Waals surface area contributed by atoms with Crippen LogP contribution >= 0.6 is 0 Å². The highest BCUT2D eigenvalue weighted by molar-refractivity contribution is 5.77. The second kappa shape index (κ2) is 6.40. The van der Waals surface area contributed by atoms with Gasteiger partial charge in [-0.2, -0.15) is 0 Å². The number of aromatic hydroxyl groups is 1. The summed E-state index contributed by atoms with van der Waals surface area (Å²) in [5.41, 5.74) is 5.95. The minimum atomic E-state index is -0.705. The third kappa shape index (κ3) is 3.23. The molecular weight excluding hydrogens is 230 g/mol.